The summed E-state index contributed by atoms with van der Waals surface area (Å²) in [7, 11) is 0. The van der Waals surface area contributed by atoms with Crippen molar-refractivity contribution in [1.82, 2.24) is 9.97 Å². The van der Waals surface area contributed by atoms with Gasteiger partial charge in [-0.1, -0.05) is 12.1 Å². The number of nitrogens with one attached hydrogen (secondary N) is 2. The topological polar surface area (TPSA) is 98.3 Å². The number of aromatic amines is 2. The number of H-pyrrole nitrogens is 2. The average Bonchev–Trinajstić information content (AvgIpc) is 2.30. The first-order chi connectivity index (χ1) is 8.16. The van der Waals surface area contributed by atoms with Gasteiger partial charge in [0.1, 0.15) is 11.4 Å². The van der Waals surface area contributed by atoms with Gasteiger partial charge in [-0.25, -0.2) is 9.79 Å². The maximum absolute atomic E-state index is 11.3. The monoisotopic (exact) mass is 231 g/mol. The lowest BCUT2D eigenvalue weighted by Crippen LogP contribution is -2.20. The van der Waals surface area contributed by atoms with E-state index in [9.17, 15) is 14.7 Å². The molecule has 0 saturated carbocycles. The van der Waals surface area contributed by atoms with Crippen LogP contribution in [0.2, 0.25) is 0 Å². The van der Waals surface area contributed by atoms with E-state index in [1.165, 1.54) is 18.5 Å². The Morgan fingerprint density at radius 2 is 2.00 bits per heavy atom. The summed E-state index contributed by atoms with van der Waals surface area (Å²) in [5.74, 6) is 0.0668. The first-order valence-electron chi connectivity index (χ1n) is 4.81. The Hall–Kier alpha value is -2.63. The second-order valence-corrected chi connectivity index (χ2v) is 3.27. The van der Waals surface area contributed by atoms with Crippen LogP contribution in [0.25, 0.3) is 0 Å². The van der Waals surface area contributed by atoms with E-state index in [1.54, 1.807) is 18.2 Å². The number of rotatable bonds is 2. The maximum atomic E-state index is 11.3. The molecule has 1 aromatic heterocycles. The smallest absolute Gasteiger partial charge is 0.325 e. The van der Waals surface area contributed by atoms with Crippen LogP contribution in [-0.2, 0) is 0 Å². The van der Waals surface area contributed by atoms with Crippen molar-refractivity contribution in [3.63, 3.8) is 0 Å². The van der Waals surface area contributed by atoms with Crippen LogP contribution in [0.15, 0.2) is 45.0 Å². The highest BCUT2D eigenvalue weighted by molar-refractivity contribution is 5.84. The van der Waals surface area contributed by atoms with E-state index in [0.29, 0.717) is 5.56 Å². The molecule has 17 heavy (non-hydrogen) atoms. The van der Waals surface area contributed by atoms with E-state index >= 15 is 0 Å². The number of nitrogens with zero attached hydrogens (tertiary/aromatic N) is 1. The largest absolute Gasteiger partial charge is 0.507 e. The Balaban J connectivity index is 2.36. The molecule has 0 amide bonds. The SMILES string of the molecule is O=c1[nH]cc(N=Cc2ccccc2O)c(=O)[nH]1. The number of para-hydroxylation sites is 1. The molecule has 86 valence electrons. The molecule has 1 heterocycles. The van der Waals surface area contributed by atoms with E-state index in [0.717, 1.165) is 0 Å². The van der Waals surface area contributed by atoms with E-state index < -0.39 is 11.2 Å². The van der Waals surface area contributed by atoms with Gasteiger partial charge in [0.2, 0.25) is 0 Å². The number of benzene rings is 1. The normalized spacial score (nSPS) is 10.8. The van der Waals surface area contributed by atoms with Gasteiger partial charge in [-0.2, -0.15) is 0 Å². The lowest BCUT2D eigenvalue weighted by atomic mass is 10.2. The van der Waals surface area contributed by atoms with Crippen molar-refractivity contribution in [1.29, 1.82) is 0 Å². The number of phenolic OH excluding ortho intramolecular Hbond substituents is 1. The molecular weight excluding hydrogens is 222 g/mol. The summed E-state index contributed by atoms with van der Waals surface area (Å²) in [4.78, 5) is 30.3. The Labute approximate surface area is 95.3 Å². The van der Waals surface area contributed by atoms with Gasteiger partial charge in [0.25, 0.3) is 5.56 Å². The van der Waals surface area contributed by atoms with Crippen molar-refractivity contribution in [3.05, 3.63) is 56.9 Å². The fourth-order valence-electron chi connectivity index (χ4n) is 1.23. The fraction of sp³-hybridized carbons (Fsp3) is 0. The van der Waals surface area contributed by atoms with Crippen LogP contribution >= 0.6 is 0 Å². The molecule has 1 aromatic carbocycles. The standard InChI is InChI=1S/C11H9N3O3/c15-9-4-2-1-3-7(9)5-12-8-6-13-11(17)14-10(8)16/h1-6,15H,(H2,13,14,16,17). The highest BCUT2D eigenvalue weighted by atomic mass is 16.3. The van der Waals surface area contributed by atoms with E-state index in [4.69, 9.17) is 0 Å². The molecule has 3 N–H and O–H groups in total. The van der Waals surface area contributed by atoms with Crippen LogP contribution in [0.3, 0.4) is 0 Å². The number of hydrogen-bond acceptors (Lipinski definition) is 4. The van der Waals surface area contributed by atoms with Crippen LogP contribution < -0.4 is 11.2 Å². The second kappa shape index (κ2) is 4.48. The van der Waals surface area contributed by atoms with Gasteiger partial charge in [-0.3, -0.25) is 9.78 Å². The second-order valence-electron chi connectivity index (χ2n) is 3.27. The summed E-state index contributed by atoms with van der Waals surface area (Å²) in [5, 5.41) is 9.47. The number of aliphatic imine (C=N–C) groups is 1. The minimum absolute atomic E-state index is 0.0628. The van der Waals surface area contributed by atoms with Gasteiger partial charge in [-0.15, -0.1) is 0 Å². The average molecular weight is 231 g/mol. The minimum atomic E-state index is -0.587. The molecule has 0 radical (unpaired) electrons. The lowest BCUT2D eigenvalue weighted by Gasteiger charge is -1.96. The van der Waals surface area contributed by atoms with Crippen LogP contribution in [0.1, 0.15) is 5.56 Å². The molecule has 6 heteroatoms. The quantitative estimate of drug-likeness (QED) is 0.657. The van der Waals surface area contributed by atoms with Crippen molar-refractivity contribution >= 4 is 11.9 Å². The molecule has 6 nitrogen and oxygen atoms in total. The zero-order valence-corrected chi connectivity index (χ0v) is 8.68. The zero-order chi connectivity index (χ0) is 12.3. The molecule has 2 aromatic rings. The summed E-state index contributed by atoms with van der Waals surface area (Å²) in [5.41, 5.74) is -0.622. The van der Waals surface area contributed by atoms with E-state index in [-0.39, 0.29) is 11.4 Å². The van der Waals surface area contributed by atoms with Gasteiger partial charge in [0, 0.05) is 18.0 Å². The van der Waals surface area contributed by atoms with Crippen molar-refractivity contribution in [2.75, 3.05) is 0 Å². The molecule has 0 fully saturated rings. The molecule has 0 saturated heterocycles. The molecule has 2 rings (SSSR count). The highest BCUT2D eigenvalue weighted by Crippen LogP contribution is 2.13. The van der Waals surface area contributed by atoms with Crippen LogP contribution in [0, 0.1) is 0 Å². The third-order valence-electron chi connectivity index (χ3n) is 2.08. The van der Waals surface area contributed by atoms with E-state index in [2.05, 4.69) is 9.98 Å². The van der Waals surface area contributed by atoms with Gasteiger partial charge in [0.05, 0.1) is 0 Å². The van der Waals surface area contributed by atoms with Crippen LogP contribution in [-0.4, -0.2) is 21.3 Å². The first-order valence-corrected chi connectivity index (χ1v) is 4.81. The minimum Gasteiger partial charge on any atom is -0.507 e. The Kier molecular flexibility index (Phi) is 2.87. The van der Waals surface area contributed by atoms with Crippen molar-refractivity contribution in [3.8, 4) is 5.75 Å². The predicted octanol–water partition coefficient (Wildman–Crippen LogP) is 0.519. The maximum Gasteiger partial charge on any atom is 0.325 e. The third kappa shape index (κ3) is 2.49. The van der Waals surface area contributed by atoms with Gasteiger partial charge in [0.15, 0.2) is 0 Å². The molecule has 0 aliphatic rings. The van der Waals surface area contributed by atoms with Crippen molar-refractivity contribution in [2.24, 2.45) is 4.99 Å². The summed E-state index contributed by atoms with van der Waals surface area (Å²) in [6.07, 6.45) is 2.55. The molecular formula is C11H9N3O3. The number of aromatic hydroxyl groups is 1. The van der Waals surface area contributed by atoms with Crippen LogP contribution in [0.4, 0.5) is 5.69 Å². The molecule has 0 unspecified atom stereocenters. The summed E-state index contributed by atoms with van der Waals surface area (Å²) in [6.45, 7) is 0. The van der Waals surface area contributed by atoms with E-state index in [1.807, 2.05) is 4.98 Å². The summed E-state index contributed by atoms with van der Waals surface area (Å²) in [6, 6.07) is 6.58. The number of hydrogen-bond donors (Lipinski definition) is 3. The van der Waals surface area contributed by atoms with Crippen molar-refractivity contribution < 1.29 is 5.11 Å². The Morgan fingerprint density at radius 3 is 2.71 bits per heavy atom. The molecule has 0 aliphatic heterocycles. The predicted molar refractivity (Wildman–Crippen MR) is 63.0 cm³/mol. The van der Waals surface area contributed by atoms with Crippen LogP contribution in [0.5, 0.6) is 5.75 Å². The third-order valence-corrected chi connectivity index (χ3v) is 2.08. The number of aromatic nitrogens is 2. The summed E-state index contributed by atoms with van der Waals surface area (Å²) >= 11 is 0. The highest BCUT2D eigenvalue weighted by Gasteiger charge is 1.98. The van der Waals surface area contributed by atoms with Crippen molar-refractivity contribution in [2.45, 2.75) is 0 Å². The first kappa shape index (κ1) is 10.9. The zero-order valence-electron chi connectivity index (χ0n) is 8.68. The molecule has 0 bridgehead atoms. The lowest BCUT2D eigenvalue weighted by molar-refractivity contribution is 0.474. The van der Waals surface area contributed by atoms with Gasteiger partial charge < -0.3 is 10.1 Å². The van der Waals surface area contributed by atoms with Gasteiger partial charge in [-0.05, 0) is 12.1 Å². The molecule has 0 aliphatic carbocycles. The fourth-order valence-corrected chi connectivity index (χ4v) is 1.23. The Morgan fingerprint density at radius 1 is 1.24 bits per heavy atom. The molecule has 0 spiro atoms. The van der Waals surface area contributed by atoms with Gasteiger partial charge >= 0.3 is 5.69 Å². The molecule has 0 atom stereocenters. The number of phenols is 1. The Bertz CT molecular complexity index is 670. The summed E-state index contributed by atoms with van der Waals surface area (Å²) < 4.78 is 0.